The van der Waals surface area contributed by atoms with Gasteiger partial charge in [-0.2, -0.15) is 0 Å². The Morgan fingerprint density at radius 3 is 2.76 bits per heavy atom. The van der Waals surface area contributed by atoms with E-state index in [-0.39, 0.29) is 12.1 Å². The molecule has 0 saturated carbocycles. The van der Waals surface area contributed by atoms with Crippen LogP contribution in [0.15, 0.2) is 24.3 Å². The summed E-state index contributed by atoms with van der Waals surface area (Å²) in [6, 6.07) is 7.69. The normalized spacial score (nSPS) is 24.6. The van der Waals surface area contributed by atoms with Crippen molar-refractivity contribution in [3.05, 3.63) is 34.2 Å². The largest absolute Gasteiger partial charge is 0.444 e. The molecule has 0 radical (unpaired) electrons. The maximum Gasteiger partial charge on any atom is 0.410 e. The number of nitrogens with zero attached hydrogens (tertiary/aromatic N) is 1. The van der Waals surface area contributed by atoms with Crippen molar-refractivity contribution in [3.63, 3.8) is 0 Å². The molecule has 1 amide bonds. The molecule has 1 N–H and O–H groups in total. The molecule has 4 nitrogen and oxygen atoms in total. The van der Waals surface area contributed by atoms with Crippen LogP contribution in [0.5, 0.6) is 0 Å². The molecule has 2 heterocycles. The number of piperidine rings is 1. The highest BCUT2D eigenvalue weighted by Gasteiger charge is 2.41. The molecule has 2 aromatic rings. The maximum absolute atomic E-state index is 12.4. The van der Waals surface area contributed by atoms with Crippen molar-refractivity contribution in [1.29, 1.82) is 0 Å². The van der Waals surface area contributed by atoms with Gasteiger partial charge in [0.05, 0.1) is 0 Å². The summed E-state index contributed by atoms with van der Waals surface area (Å²) in [5.74, 6) is 0. The number of likely N-dealkylation sites (tertiary alicyclic amines) is 1. The minimum Gasteiger partial charge on any atom is -0.444 e. The molecule has 0 bridgehead atoms. The summed E-state index contributed by atoms with van der Waals surface area (Å²) in [4.78, 5) is 15.0. The van der Waals surface area contributed by atoms with E-state index < -0.39 is 11.2 Å². The van der Waals surface area contributed by atoms with Crippen molar-refractivity contribution >= 4 is 39.1 Å². The lowest BCUT2D eigenvalue weighted by Crippen LogP contribution is -2.51. The smallest absolute Gasteiger partial charge is 0.410 e. The van der Waals surface area contributed by atoms with Crippen LogP contribution in [0.25, 0.3) is 10.1 Å². The van der Waals surface area contributed by atoms with Crippen LogP contribution in [0.1, 0.15) is 45.4 Å². The number of hydrogen-bond donors (Lipinski definition) is 1. The molecule has 2 unspecified atom stereocenters. The van der Waals surface area contributed by atoms with Gasteiger partial charge in [0.1, 0.15) is 11.2 Å². The number of aliphatic hydroxyl groups is 1. The molecule has 1 aromatic heterocycles. The van der Waals surface area contributed by atoms with E-state index in [0.29, 0.717) is 24.4 Å². The van der Waals surface area contributed by atoms with E-state index >= 15 is 0 Å². The van der Waals surface area contributed by atoms with Gasteiger partial charge >= 0.3 is 6.09 Å². The molecule has 1 aliphatic rings. The third-order valence-electron chi connectivity index (χ3n) is 4.50. The summed E-state index contributed by atoms with van der Waals surface area (Å²) < 4.78 is 6.54. The number of carbonyl (C=O) groups excluding carboxylic acids is 1. The van der Waals surface area contributed by atoms with Crippen LogP contribution in [-0.4, -0.2) is 34.3 Å². The molecule has 1 fully saturated rings. The number of thiophene rings is 1. The first-order valence-corrected chi connectivity index (χ1v) is 9.68. The Balaban J connectivity index is 1.79. The molecular weight excluding hydrogens is 358 g/mol. The minimum atomic E-state index is -0.923. The lowest BCUT2D eigenvalue weighted by Gasteiger charge is -2.42. The highest BCUT2D eigenvalue weighted by Crippen LogP contribution is 2.42. The van der Waals surface area contributed by atoms with Gasteiger partial charge in [-0.25, -0.2) is 4.79 Å². The third kappa shape index (κ3) is 3.94. The number of benzene rings is 1. The number of ether oxygens (including phenoxy) is 1. The van der Waals surface area contributed by atoms with Crippen LogP contribution in [-0.2, 0) is 10.3 Å². The van der Waals surface area contributed by atoms with Crippen molar-refractivity contribution in [2.45, 2.75) is 57.8 Å². The first-order chi connectivity index (χ1) is 11.6. The fourth-order valence-corrected chi connectivity index (χ4v) is 4.74. The lowest BCUT2D eigenvalue weighted by atomic mass is 9.85. The number of carbonyl (C=O) groups is 1. The van der Waals surface area contributed by atoms with Gasteiger partial charge in [-0.15, -0.1) is 11.3 Å². The molecule has 1 saturated heterocycles. The predicted octanol–water partition coefficient (Wildman–Crippen LogP) is 5.16. The van der Waals surface area contributed by atoms with E-state index in [1.807, 2.05) is 52.0 Å². The number of rotatable bonds is 1. The first kappa shape index (κ1) is 18.5. The van der Waals surface area contributed by atoms with Gasteiger partial charge in [-0.1, -0.05) is 17.7 Å². The monoisotopic (exact) mass is 381 g/mol. The fraction of sp³-hybridized carbons (Fsp3) is 0.526. The third-order valence-corrected chi connectivity index (χ3v) is 6.03. The molecule has 1 aliphatic heterocycles. The second-order valence-electron chi connectivity index (χ2n) is 7.80. The van der Waals surface area contributed by atoms with Gasteiger partial charge in [0, 0.05) is 33.6 Å². The van der Waals surface area contributed by atoms with Gasteiger partial charge in [-0.3, -0.25) is 0 Å². The summed E-state index contributed by atoms with van der Waals surface area (Å²) in [7, 11) is 0. The zero-order valence-electron chi connectivity index (χ0n) is 15.0. The topological polar surface area (TPSA) is 49.8 Å². The molecule has 6 heteroatoms. The van der Waals surface area contributed by atoms with Gasteiger partial charge in [0.25, 0.3) is 0 Å². The van der Waals surface area contributed by atoms with Crippen LogP contribution in [0.2, 0.25) is 5.02 Å². The summed E-state index contributed by atoms with van der Waals surface area (Å²) in [6.07, 6.45) is 0.675. The van der Waals surface area contributed by atoms with Crippen molar-refractivity contribution in [1.82, 2.24) is 4.90 Å². The molecule has 25 heavy (non-hydrogen) atoms. The molecule has 3 rings (SSSR count). The number of amides is 1. The van der Waals surface area contributed by atoms with Crippen molar-refractivity contribution < 1.29 is 14.6 Å². The van der Waals surface area contributed by atoms with Crippen LogP contribution in [0, 0.1) is 0 Å². The Morgan fingerprint density at radius 1 is 1.40 bits per heavy atom. The summed E-state index contributed by atoms with van der Waals surface area (Å²) in [5, 5.41) is 13.0. The molecular formula is C19H24ClNO3S. The molecule has 136 valence electrons. The van der Waals surface area contributed by atoms with E-state index in [9.17, 15) is 9.90 Å². The number of hydrogen-bond acceptors (Lipinski definition) is 4. The van der Waals surface area contributed by atoms with Crippen molar-refractivity contribution in [2.75, 3.05) is 6.54 Å². The predicted molar refractivity (Wildman–Crippen MR) is 102 cm³/mol. The Hall–Kier alpha value is -1.30. The quantitative estimate of drug-likeness (QED) is 0.742. The standard InChI is InChI=1S/C19H24ClNO3S/c1-12-11-19(23,7-8-21(12)17(22)24-18(2,3)4)16-9-13-5-6-14(20)10-15(13)25-16/h5-6,9-10,12,23H,7-8,11H2,1-4H3. The summed E-state index contributed by atoms with van der Waals surface area (Å²) in [5.41, 5.74) is -1.44. The molecule has 0 aliphatic carbocycles. The first-order valence-electron chi connectivity index (χ1n) is 8.49. The van der Waals surface area contributed by atoms with Crippen LogP contribution >= 0.6 is 22.9 Å². The second-order valence-corrected chi connectivity index (χ2v) is 9.32. The summed E-state index contributed by atoms with van der Waals surface area (Å²) in [6.45, 7) is 8.01. The minimum absolute atomic E-state index is 0.0950. The SMILES string of the molecule is CC1CC(O)(c2cc3ccc(Cl)cc3s2)CCN1C(=O)OC(C)(C)C. The number of halogens is 1. The van der Waals surface area contributed by atoms with Gasteiger partial charge in [0.2, 0.25) is 0 Å². The van der Waals surface area contributed by atoms with Crippen LogP contribution in [0.4, 0.5) is 4.79 Å². The van der Waals surface area contributed by atoms with E-state index in [2.05, 4.69) is 0 Å². The highest BCUT2D eigenvalue weighted by molar-refractivity contribution is 7.19. The lowest BCUT2D eigenvalue weighted by molar-refractivity contribution is -0.0525. The molecule has 2 atom stereocenters. The fourth-order valence-electron chi connectivity index (χ4n) is 3.28. The van der Waals surface area contributed by atoms with E-state index in [4.69, 9.17) is 16.3 Å². The Morgan fingerprint density at radius 2 is 2.12 bits per heavy atom. The van der Waals surface area contributed by atoms with Gasteiger partial charge in [0.15, 0.2) is 0 Å². The zero-order chi connectivity index (χ0) is 18.4. The number of fused-ring (bicyclic) bond motifs is 1. The van der Waals surface area contributed by atoms with E-state index in [1.54, 1.807) is 16.2 Å². The van der Waals surface area contributed by atoms with Crippen LogP contribution < -0.4 is 0 Å². The molecule has 0 spiro atoms. The average Bonchev–Trinajstić information content (AvgIpc) is 2.89. The van der Waals surface area contributed by atoms with Crippen molar-refractivity contribution in [3.8, 4) is 0 Å². The Bertz CT molecular complexity index is 798. The average molecular weight is 382 g/mol. The Kier molecular flexibility index (Phi) is 4.77. The van der Waals surface area contributed by atoms with E-state index in [1.165, 1.54) is 0 Å². The van der Waals surface area contributed by atoms with Gasteiger partial charge < -0.3 is 14.7 Å². The summed E-state index contributed by atoms with van der Waals surface area (Å²) >= 11 is 7.63. The van der Waals surface area contributed by atoms with Crippen LogP contribution in [0.3, 0.4) is 0 Å². The Labute approximate surface area is 157 Å². The van der Waals surface area contributed by atoms with Crippen molar-refractivity contribution in [2.24, 2.45) is 0 Å². The van der Waals surface area contributed by atoms with E-state index in [0.717, 1.165) is 15.0 Å². The highest BCUT2D eigenvalue weighted by atomic mass is 35.5. The zero-order valence-corrected chi connectivity index (χ0v) is 16.6. The van der Waals surface area contributed by atoms with Gasteiger partial charge in [-0.05, 0) is 57.7 Å². The second kappa shape index (κ2) is 6.45. The molecule has 1 aromatic carbocycles. The maximum atomic E-state index is 12.4.